The smallest absolute Gasteiger partial charge is 0.219 e. The van der Waals surface area contributed by atoms with Crippen LogP contribution in [0.1, 0.15) is 12.8 Å². The molecule has 0 bridgehead atoms. The van der Waals surface area contributed by atoms with Crippen LogP contribution >= 0.6 is 0 Å². The van der Waals surface area contributed by atoms with Gasteiger partial charge in [-0.1, -0.05) is 5.11 Å². The Hall–Kier alpha value is -1.22. The van der Waals surface area contributed by atoms with Crippen molar-refractivity contribution < 1.29 is 4.79 Å². The highest BCUT2D eigenvalue weighted by atomic mass is 16.1. The van der Waals surface area contributed by atoms with E-state index in [0.29, 0.717) is 19.5 Å². The van der Waals surface area contributed by atoms with E-state index in [1.165, 1.54) is 0 Å². The lowest BCUT2D eigenvalue weighted by Gasteiger charge is -1.99. The Bertz CT molecular complexity index is 162. The molecule has 11 heavy (non-hydrogen) atoms. The van der Waals surface area contributed by atoms with Crippen molar-refractivity contribution in [2.75, 3.05) is 13.1 Å². The Balaban J connectivity index is 3.14. The number of nitrogens with one attached hydrogen (secondary N) is 1. The second kappa shape index (κ2) is 6.89. The predicted octanol–water partition coefficient (Wildman–Crippen LogP) is 1.03. The van der Waals surface area contributed by atoms with Crippen molar-refractivity contribution >= 4 is 5.91 Å². The quantitative estimate of drug-likeness (QED) is 0.273. The van der Waals surface area contributed by atoms with Gasteiger partial charge in [0.2, 0.25) is 5.91 Å². The standard InChI is InChI=1S/C6H11N4O/c1-2-6(11)8-4-3-5-9-10-7/h1-5H2,(H,8,11). The number of hydrogen-bond acceptors (Lipinski definition) is 2. The van der Waals surface area contributed by atoms with E-state index in [1.54, 1.807) is 0 Å². The number of azide groups is 1. The van der Waals surface area contributed by atoms with E-state index in [4.69, 9.17) is 5.53 Å². The summed E-state index contributed by atoms with van der Waals surface area (Å²) in [6, 6.07) is 0. The molecule has 5 nitrogen and oxygen atoms in total. The molecule has 0 aromatic heterocycles. The average Bonchev–Trinajstić information content (AvgIpc) is 2.04. The fourth-order valence-corrected chi connectivity index (χ4v) is 0.511. The van der Waals surface area contributed by atoms with Crippen LogP contribution < -0.4 is 5.32 Å². The fourth-order valence-electron chi connectivity index (χ4n) is 0.511. The summed E-state index contributed by atoms with van der Waals surface area (Å²) >= 11 is 0. The average molecular weight is 155 g/mol. The van der Waals surface area contributed by atoms with Crippen molar-refractivity contribution in [1.29, 1.82) is 0 Å². The van der Waals surface area contributed by atoms with Gasteiger partial charge in [-0.3, -0.25) is 4.79 Å². The molecule has 0 aliphatic rings. The fraction of sp³-hybridized carbons (Fsp3) is 0.667. The maximum absolute atomic E-state index is 10.6. The summed E-state index contributed by atoms with van der Waals surface area (Å²) in [7, 11) is 0. The summed E-state index contributed by atoms with van der Waals surface area (Å²) in [5.41, 5.74) is 7.88. The minimum absolute atomic E-state index is 0.0778. The van der Waals surface area contributed by atoms with Gasteiger partial charge < -0.3 is 5.32 Å². The molecule has 0 aromatic rings. The monoisotopic (exact) mass is 155 g/mol. The second-order valence-electron chi connectivity index (χ2n) is 1.91. The van der Waals surface area contributed by atoms with Crippen molar-refractivity contribution in [1.82, 2.24) is 5.32 Å². The van der Waals surface area contributed by atoms with E-state index in [1.807, 2.05) is 0 Å². The molecule has 1 N–H and O–H groups in total. The molecule has 0 fully saturated rings. The number of carbonyl (C=O) groups excluding carboxylic acids is 1. The molecule has 0 saturated carbocycles. The van der Waals surface area contributed by atoms with E-state index in [2.05, 4.69) is 22.3 Å². The molecule has 0 heterocycles. The maximum Gasteiger partial charge on any atom is 0.219 e. The van der Waals surface area contributed by atoms with Crippen LogP contribution in [0.3, 0.4) is 0 Å². The van der Waals surface area contributed by atoms with E-state index in [-0.39, 0.29) is 12.3 Å². The van der Waals surface area contributed by atoms with Crippen LogP contribution in [0, 0.1) is 6.92 Å². The van der Waals surface area contributed by atoms with Gasteiger partial charge >= 0.3 is 0 Å². The Morgan fingerprint density at radius 3 is 3.00 bits per heavy atom. The van der Waals surface area contributed by atoms with Crippen LogP contribution in [0.5, 0.6) is 0 Å². The molecule has 0 unspecified atom stereocenters. The molecular formula is C6H11N4O. The van der Waals surface area contributed by atoms with Crippen LogP contribution in [0.4, 0.5) is 0 Å². The lowest BCUT2D eigenvalue weighted by Crippen LogP contribution is -2.23. The van der Waals surface area contributed by atoms with Crippen LogP contribution in [0.15, 0.2) is 5.11 Å². The first-order chi connectivity index (χ1) is 5.31. The van der Waals surface area contributed by atoms with Gasteiger partial charge in [0.05, 0.1) is 0 Å². The predicted molar refractivity (Wildman–Crippen MR) is 41.6 cm³/mol. The molecule has 0 rings (SSSR count). The first kappa shape index (κ1) is 9.78. The van der Waals surface area contributed by atoms with Crippen molar-refractivity contribution in [2.45, 2.75) is 12.8 Å². The molecule has 0 saturated heterocycles. The molecule has 1 amide bonds. The van der Waals surface area contributed by atoms with Crippen LogP contribution in [-0.4, -0.2) is 19.0 Å². The highest BCUT2D eigenvalue weighted by molar-refractivity contribution is 5.76. The van der Waals surface area contributed by atoms with E-state index in [9.17, 15) is 4.79 Å². The number of hydrogen-bond donors (Lipinski definition) is 1. The van der Waals surface area contributed by atoms with Gasteiger partial charge in [-0.15, -0.1) is 0 Å². The molecule has 0 atom stereocenters. The van der Waals surface area contributed by atoms with E-state index < -0.39 is 0 Å². The summed E-state index contributed by atoms with van der Waals surface area (Å²) in [5, 5.41) is 5.91. The van der Waals surface area contributed by atoms with Gasteiger partial charge in [0.15, 0.2) is 0 Å². The Morgan fingerprint density at radius 1 is 1.73 bits per heavy atom. The third kappa shape index (κ3) is 6.67. The van der Waals surface area contributed by atoms with Gasteiger partial charge in [0, 0.05) is 24.4 Å². The number of carbonyl (C=O) groups is 1. The first-order valence-corrected chi connectivity index (χ1v) is 3.38. The molecule has 0 aromatic carbocycles. The van der Waals surface area contributed by atoms with Crippen LogP contribution in [0.25, 0.3) is 10.4 Å². The molecule has 0 aliphatic heterocycles. The summed E-state index contributed by atoms with van der Waals surface area (Å²) in [6.45, 7) is 4.38. The maximum atomic E-state index is 10.6. The third-order valence-corrected chi connectivity index (χ3v) is 1.05. The largest absolute Gasteiger partial charge is 0.356 e. The zero-order chi connectivity index (χ0) is 8.53. The Morgan fingerprint density at radius 2 is 2.45 bits per heavy atom. The zero-order valence-electron chi connectivity index (χ0n) is 6.29. The molecule has 61 valence electrons. The van der Waals surface area contributed by atoms with Crippen molar-refractivity contribution in [3.63, 3.8) is 0 Å². The second-order valence-corrected chi connectivity index (χ2v) is 1.91. The molecular weight excluding hydrogens is 144 g/mol. The van der Waals surface area contributed by atoms with Crippen LogP contribution in [0.2, 0.25) is 0 Å². The highest BCUT2D eigenvalue weighted by Crippen LogP contribution is 1.80. The third-order valence-electron chi connectivity index (χ3n) is 1.05. The van der Waals surface area contributed by atoms with Crippen molar-refractivity contribution in [2.24, 2.45) is 5.11 Å². The summed E-state index contributed by atoms with van der Waals surface area (Å²) in [4.78, 5) is 13.1. The van der Waals surface area contributed by atoms with Crippen molar-refractivity contribution in [3.8, 4) is 0 Å². The first-order valence-electron chi connectivity index (χ1n) is 3.38. The lowest BCUT2D eigenvalue weighted by molar-refractivity contribution is -0.120. The highest BCUT2D eigenvalue weighted by Gasteiger charge is 1.93. The van der Waals surface area contributed by atoms with Crippen molar-refractivity contribution in [3.05, 3.63) is 17.4 Å². The minimum Gasteiger partial charge on any atom is -0.356 e. The number of amides is 1. The Kier molecular flexibility index (Phi) is 6.13. The SMILES string of the molecule is [CH2]CC(=O)NCCCN=[N+]=[N-]. The number of nitrogens with zero attached hydrogens (tertiary/aromatic N) is 3. The Labute approximate surface area is 65.4 Å². The number of rotatable bonds is 5. The van der Waals surface area contributed by atoms with Gasteiger partial charge in [0.25, 0.3) is 0 Å². The summed E-state index contributed by atoms with van der Waals surface area (Å²) in [5.74, 6) is -0.0778. The van der Waals surface area contributed by atoms with Gasteiger partial charge in [-0.25, -0.2) is 0 Å². The summed E-state index contributed by atoms with van der Waals surface area (Å²) < 4.78 is 0. The summed E-state index contributed by atoms with van der Waals surface area (Å²) in [6.07, 6.45) is 0.928. The topological polar surface area (TPSA) is 77.9 Å². The molecule has 5 heteroatoms. The van der Waals surface area contributed by atoms with Gasteiger partial charge in [0.1, 0.15) is 0 Å². The molecule has 0 aliphatic carbocycles. The van der Waals surface area contributed by atoms with Gasteiger partial charge in [-0.2, -0.15) is 0 Å². The molecule has 1 radical (unpaired) electrons. The van der Waals surface area contributed by atoms with E-state index in [0.717, 1.165) is 0 Å². The normalized spacial score (nSPS) is 8.45. The lowest BCUT2D eigenvalue weighted by atomic mass is 10.4. The zero-order valence-corrected chi connectivity index (χ0v) is 6.29. The van der Waals surface area contributed by atoms with Gasteiger partial charge in [-0.05, 0) is 18.9 Å². The van der Waals surface area contributed by atoms with Crippen LogP contribution in [-0.2, 0) is 4.79 Å². The van der Waals surface area contributed by atoms with E-state index >= 15 is 0 Å². The minimum atomic E-state index is -0.0778. The molecule has 0 spiro atoms.